The molecule has 160 valence electrons. The minimum absolute atomic E-state index is 0.330. The molecular formula is C28H24O4. The zero-order valence-corrected chi connectivity index (χ0v) is 17.5. The lowest BCUT2D eigenvalue weighted by Crippen LogP contribution is -1.96. The molecule has 0 unspecified atom stereocenters. The van der Waals surface area contributed by atoms with Gasteiger partial charge in [-0.1, -0.05) is 84.9 Å². The Morgan fingerprint density at radius 3 is 1.00 bits per heavy atom. The summed E-state index contributed by atoms with van der Waals surface area (Å²) >= 11 is 0. The van der Waals surface area contributed by atoms with Crippen LogP contribution in [0.25, 0.3) is 0 Å². The minimum Gasteiger partial charge on any atom is -0.478 e. The molecule has 4 aromatic carbocycles. The summed E-state index contributed by atoms with van der Waals surface area (Å²) < 4.78 is 0. The molecule has 0 aliphatic heterocycles. The van der Waals surface area contributed by atoms with Crippen molar-refractivity contribution in [3.8, 4) is 0 Å². The van der Waals surface area contributed by atoms with E-state index in [1.165, 1.54) is 11.1 Å². The highest BCUT2D eigenvalue weighted by atomic mass is 16.4. The first kappa shape index (κ1) is 22.5. The molecule has 0 saturated carbocycles. The average Bonchev–Trinajstić information content (AvgIpc) is 2.82. The first-order valence-corrected chi connectivity index (χ1v) is 10.2. The molecule has 0 fully saturated rings. The Hall–Kier alpha value is -4.18. The predicted octanol–water partition coefficient (Wildman–Crippen LogP) is 5.95. The van der Waals surface area contributed by atoms with Crippen LogP contribution in [-0.2, 0) is 12.8 Å². The fourth-order valence-electron chi connectivity index (χ4n) is 3.19. The number of carboxylic acids is 2. The van der Waals surface area contributed by atoms with E-state index in [0.717, 1.165) is 24.0 Å². The van der Waals surface area contributed by atoms with E-state index >= 15 is 0 Å². The average molecular weight is 424 g/mol. The summed E-state index contributed by atoms with van der Waals surface area (Å²) in [5.74, 6) is -1.77. The van der Waals surface area contributed by atoms with Crippen LogP contribution in [0, 0.1) is 0 Å². The summed E-state index contributed by atoms with van der Waals surface area (Å²) in [5, 5.41) is 17.5. The molecule has 0 radical (unpaired) electrons. The largest absolute Gasteiger partial charge is 0.478 e. The van der Waals surface area contributed by atoms with Crippen LogP contribution in [-0.4, -0.2) is 22.2 Å². The fraction of sp³-hybridized carbons (Fsp3) is 0.0714. The van der Waals surface area contributed by atoms with Crippen LogP contribution in [0.1, 0.15) is 43.0 Å². The zero-order chi connectivity index (χ0) is 22.8. The van der Waals surface area contributed by atoms with Crippen molar-refractivity contribution < 1.29 is 19.8 Å². The van der Waals surface area contributed by atoms with Gasteiger partial charge in [0.15, 0.2) is 0 Å². The highest BCUT2D eigenvalue weighted by Crippen LogP contribution is 2.11. The normalized spacial score (nSPS) is 10.0. The molecule has 0 aliphatic carbocycles. The van der Waals surface area contributed by atoms with Gasteiger partial charge in [-0.15, -0.1) is 0 Å². The molecule has 2 N–H and O–H groups in total. The first-order valence-electron chi connectivity index (χ1n) is 10.2. The second kappa shape index (κ2) is 11.3. The van der Waals surface area contributed by atoms with Crippen molar-refractivity contribution in [1.82, 2.24) is 0 Å². The van der Waals surface area contributed by atoms with E-state index in [1.54, 1.807) is 24.3 Å². The Labute approximate surface area is 187 Å². The van der Waals surface area contributed by atoms with Gasteiger partial charge in [-0.25, -0.2) is 9.59 Å². The summed E-state index contributed by atoms with van der Waals surface area (Å²) in [6, 6.07) is 34.2. The van der Waals surface area contributed by atoms with Crippen LogP contribution >= 0.6 is 0 Å². The number of carbonyl (C=O) groups is 2. The third kappa shape index (κ3) is 6.96. The summed E-state index contributed by atoms with van der Waals surface area (Å²) in [4.78, 5) is 21.3. The lowest BCUT2D eigenvalue weighted by Gasteiger charge is -2.02. The van der Waals surface area contributed by atoms with E-state index < -0.39 is 11.9 Å². The number of hydrogen-bond donors (Lipinski definition) is 2. The van der Waals surface area contributed by atoms with E-state index in [-0.39, 0.29) is 0 Å². The lowest BCUT2D eigenvalue weighted by atomic mass is 10.0. The topological polar surface area (TPSA) is 74.6 Å². The van der Waals surface area contributed by atoms with Gasteiger partial charge < -0.3 is 10.2 Å². The molecule has 0 heterocycles. The lowest BCUT2D eigenvalue weighted by molar-refractivity contribution is 0.0686. The monoisotopic (exact) mass is 424 g/mol. The summed E-state index contributed by atoms with van der Waals surface area (Å²) in [5.41, 5.74) is 5.36. The van der Waals surface area contributed by atoms with Crippen molar-refractivity contribution in [2.75, 3.05) is 0 Å². The molecule has 0 aliphatic rings. The minimum atomic E-state index is -0.883. The van der Waals surface area contributed by atoms with Gasteiger partial charge in [-0.2, -0.15) is 0 Å². The van der Waals surface area contributed by atoms with Crippen LogP contribution in [0.5, 0.6) is 0 Å². The molecule has 4 nitrogen and oxygen atoms in total. The Morgan fingerprint density at radius 1 is 0.438 bits per heavy atom. The Kier molecular flexibility index (Phi) is 7.93. The van der Waals surface area contributed by atoms with Crippen molar-refractivity contribution in [2.45, 2.75) is 12.8 Å². The van der Waals surface area contributed by atoms with Crippen LogP contribution in [0.4, 0.5) is 0 Å². The van der Waals surface area contributed by atoms with Crippen molar-refractivity contribution in [2.24, 2.45) is 0 Å². The SMILES string of the molecule is O=C(O)c1ccc(Cc2ccccc2)cc1.O=C(O)c1ccc(Cc2ccccc2)cc1. The molecule has 4 rings (SSSR count). The van der Waals surface area contributed by atoms with Crippen molar-refractivity contribution in [1.29, 1.82) is 0 Å². The fourth-order valence-corrected chi connectivity index (χ4v) is 3.19. The molecule has 32 heavy (non-hydrogen) atoms. The second-order valence-electron chi connectivity index (χ2n) is 7.33. The molecule has 0 saturated heterocycles. The van der Waals surface area contributed by atoms with Crippen LogP contribution in [0.3, 0.4) is 0 Å². The quantitative estimate of drug-likeness (QED) is 0.401. The van der Waals surface area contributed by atoms with Crippen LogP contribution < -0.4 is 0 Å². The standard InChI is InChI=1S/2C14H12O2/c2*15-14(16)13-8-6-12(7-9-13)10-11-4-2-1-3-5-11/h2*1-9H,10H2,(H,15,16). The molecular weight excluding hydrogens is 400 g/mol. The van der Waals surface area contributed by atoms with E-state index in [1.807, 2.05) is 60.7 Å². The zero-order valence-electron chi connectivity index (χ0n) is 17.5. The highest BCUT2D eigenvalue weighted by Gasteiger charge is 2.03. The van der Waals surface area contributed by atoms with E-state index in [2.05, 4.69) is 24.3 Å². The summed E-state index contributed by atoms with van der Waals surface area (Å²) in [6.07, 6.45) is 1.67. The van der Waals surface area contributed by atoms with Crippen LogP contribution in [0.2, 0.25) is 0 Å². The van der Waals surface area contributed by atoms with Gasteiger partial charge in [0.25, 0.3) is 0 Å². The van der Waals surface area contributed by atoms with E-state index in [0.29, 0.717) is 11.1 Å². The van der Waals surface area contributed by atoms with Gasteiger partial charge in [0.05, 0.1) is 11.1 Å². The first-order chi connectivity index (χ1) is 15.5. The molecule has 0 bridgehead atoms. The maximum atomic E-state index is 10.7. The molecule has 0 spiro atoms. The van der Waals surface area contributed by atoms with E-state index in [9.17, 15) is 9.59 Å². The highest BCUT2D eigenvalue weighted by molar-refractivity contribution is 5.88. The van der Waals surface area contributed by atoms with Gasteiger partial charge >= 0.3 is 11.9 Å². The Bertz CT molecular complexity index is 1040. The Balaban J connectivity index is 0.000000181. The number of aromatic carboxylic acids is 2. The van der Waals surface area contributed by atoms with E-state index in [4.69, 9.17) is 10.2 Å². The molecule has 4 heteroatoms. The molecule has 0 aromatic heterocycles. The summed E-state index contributed by atoms with van der Waals surface area (Å²) in [7, 11) is 0. The van der Waals surface area contributed by atoms with Crippen molar-refractivity contribution >= 4 is 11.9 Å². The molecule has 0 atom stereocenters. The van der Waals surface area contributed by atoms with Gasteiger partial charge in [0.2, 0.25) is 0 Å². The third-order valence-electron chi connectivity index (χ3n) is 4.90. The van der Waals surface area contributed by atoms with Gasteiger partial charge in [-0.3, -0.25) is 0 Å². The predicted molar refractivity (Wildman–Crippen MR) is 125 cm³/mol. The number of hydrogen-bond acceptors (Lipinski definition) is 2. The van der Waals surface area contributed by atoms with Gasteiger partial charge in [0.1, 0.15) is 0 Å². The maximum Gasteiger partial charge on any atom is 0.335 e. The summed E-state index contributed by atoms with van der Waals surface area (Å²) in [6.45, 7) is 0. The number of rotatable bonds is 6. The van der Waals surface area contributed by atoms with Crippen molar-refractivity contribution in [3.63, 3.8) is 0 Å². The third-order valence-corrected chi connectivity index (χ3v) is 4.90. The van der Waals surface area contributed by atoms with Crippen molar-refractivity contribution in [3.05, 3.63) is 143 Å². The number of benzene rings is 4. The van der Waals surface area contributed by atoms with Crippen LogP contribution in [0.15, 0.2) is 109 Å². The van der Waals surface area contributed by atoms with Gasteiger partial charge in [0, 0.05) is 0 Å². The Morgan fingerprint density at radius 2 is 0.719 bits per heavy atom. The second-order valence-corrected chi connectivity index (χ2v) is 7.33. The van der Waals surface area contributed by atoms with Gasteiger partial charge in [-0.05, 0) is 59.4 Å². The molecule has 0 amide bonds. The molecule has 4 aromatic rings. The smallest absolute Gasteiger partial charge is 0.335 e. The number of carboxylic acid groups (broad SMARTS) is 2. The maximum absolute atomic E-state index is 10.7.